The molecule has 2 N–H and O–H groups in total. The van der Waals surface area contributed by atoms with Gasteiger partial charge in [-0.25, -0.2) is 21.9 Å². The van der Waals surface area contributed by atoms with E-state index in [1.165, 1.54) is 6.92 Å². The average Bonchev–Trinajstić information content (AvgIpc) is 2.34. The van der Waals surface area contributed by atoms with Gasteiger partial charge < -0.3 is 5.11 Å². The van der Waals surface area contributed by atoms with E-state index in [0.29, 0.717) is 0 Å². The molecule has 1 unspecified atom stereocenters. The second-order valence-electron chi connectivity index (χ2n) is 4.08. The monoisotopic (exact) mass is 344 g/mol. The van der Waals surface area contributed by atoms with Crippen molar-refractivity contribution < 1.29 is 27.2 Å². The van der Waals surface area contributed by atoms with Crippen LogP contribution in [0, 0.1) is 17.0 Å². The van der Waals surface area contributed by atoms with Gasteiger partial charge in [0, 0.05) is 12.6 Å². The Labute approximate surface area is 123 Å². The van der Waals surface area contributed by atoms with Gasteiger partial charge in [-0.2, -0.15) is 0 Å². The molecule has 0 saturated heterocycles. The molecule has 0 aliphatic carbocycles. The molecule has 118 valence electrons. The highest BCUT2D eigenvalue weighted by molar-refractivity contribution is 7.89. The summed E-state index contributed by atoms with van der Waals surface area (Å²) in [6.07, 6.45) is -5.30. The van der Waals surface area contributed by atoms with Crippen molar-refractivity contribution in [1.29, 1.82) is 0 Å². The van der Waals surface area contributed by atoms with Gasteiger partial charge in [0.25, 0.3) is 12.1 Å². The van der Waals surface area contributed by atoms with Crippen LogP contribution >= 0.6 is 11.6 Å². The van der Waals surface area contributed by atoms with Gasteiger partial charge in [0.15, 0.2) is 0 Å². The van der Waals surface area contributed by atoms with Crippen molar-refractivity contribution in [3.8, 4) is 0 Å². The van der Waals surface area contributed by atoms with E-state index < -0.39 is 44.6 Å². The summed E-state index contributed by atoms with van der Waals surface area (Å²) in [7, 11) is -4.30. The third-order valence-electron chi connectivity index (χ3n) is 2.50. The molecular weight excluding hydrogens is 334 g/mol. The summed E-state index contributed by atoms with van der Waals surface area (Å²) in [6, 6.07) is 1.81. The van der Waals surface area contributed by atoms with E-state index in [-0.39, 0.29) is 10.6 Å². The minimum Gasteiger partial charge on any atom is -0.386 e. The summed E-state index contributed by atoms with van der Waals surface area (Å²) in [5.74, 6) is 0. The van der Waals surface area contributed by atoms with E-state index in [4.69, 9.17) is 16.7 Å². The number of aliphatic hydroxyl groups is 1. The molecule has 11 heteroatoms. The summed E-state index contributed by atoms with van der Waals surface area (Å²) >= 11 is 5.62. The highest BCUT2D eigenvalue weighted by atomic mass is 35.5. The van der Waals surface area contributed by atoms with Crippen LogP contribution in [0.2, 0.25) is 5.02 Å². The van der Waals surface area contributed by atoms with Crippen LogP contribution in [0.25, 0.3) is 0 Å². The molecule has 0 amide bonds. The molecule has 0 bridgehead atoms. The van der Waals surface area contributed by atoms with E-state index >= 15 is 0 Å². The number of rotatable bonds is 6. The number of nitro groups is 1. The topological polar surface area (TPSA) is 110 Å². The quantitative estimate of drug-likeness (QED) is 0.599. The highest BCUT2D eigenvalue weighted by Gasteiger charge is 2.25. The molecule has 0 aliphatic rings. The summed E-state index contributed by atoms with van der Waals surface area (Å²) in [4.78, 5) is 9.40. The van der Waals surface area contributed by atoms with Gasteiger partial charge in [0.05, 0.1) is 9.82 Å². The number of halogens is 3. The molecule has 21 heavy (non-hydrogen) atoms. The minimum atomic E-state index is -4.30. The van der Waals surface area contributed by atoms with Gasteiger partial charge in [0.2, 0.25) is 10.0 Å². The summed E-state index contributed by atoms with van der Waals surface area (Å²) in [5, 5.41) is 19.4. The molecule has 0 aliphatic heterocycles. The first kappa shape index (κ1) is 17.7. The summed E-state index contributed by atoms with van der Waals surface area (Å²) < 4.78 is 49.9. The van der Waals surface area contributed by atoms with Gasteiger partial charge in [-0.1, -0.05) is 11.6 Å². The van der Waals surface area contributed by atoms with Crippen LogP contribution in [0.5, 0.6) is 0 Å². The zero-order chi connectivity index (χ0) is 16.4. The van der Waals surface area contributed by atoms with Crippen LogP contribution in [0.15, 0.2) is 17.0 Å². The first-order valence-corrected chi connectivity index (χ1v) is 7.32. The molecule has 0 aromatic heterocycles. The maximum Gasteiger partial charge on any atom is 0.289 e. The summed E-state index contributed by atoms with van der Waals surface area (Å²) in [5.41, 5.74) is -0.526. The normalized spacial score (nSPS) is 13.4. The van der Waals surface area contributed by atoms with Crippen molar-refractivity contribution in [1.82, 2.24) is 4.72 Å². The van der Waals surface area contributed by atoms with Crippen molar-refractivity contribution in [3.63, 3.8) is 0 Å². The SMILES string of the molecule is Cc1cc(Cl)c([N+](=O)[O-])cc1S(=O)(=O)NCC(O)C(F)F. The number of nitrogens with one attached hydrogen (secondary N) is 1. The molecule has 7 nitrogen and oxygen atoms in total. The van der Waals surface area contributed by atoms with Crippen LogP contribution in [-0.2, 0) is 10.0 Å². The second kappa shape index (κ2) is 6.60. The van der Waals surface area contributed by atoms with Crippen molar-refractivity contribution in [3.05, 3.63) is 32.8 Å². The average molecular weight is 345 g/mol. The van der Waals surface area contributed by atoms with Gasteiger partial charge >= 0.3 is 0 Å². The first-order valence-electron chi connectivity index (χ1n) is 5.46. The van der Waals surface area contributed by atoms with Gasteiger partial charge in [-0.15, -0.1) is 0 Å². The molecule has 1 aromatic carbocycles. The predicted octanol–water partition coefficient (Wildman–Crippen LogP) is 1.46. The number of alkyl halides is 2. The molecule has 1 rings (SSSR count). The zero-order valence-electron chi connectivity index (χ0n) is 10.6. The third kappa shape index (κ3) is 4.30. The Morgan fingerprint density at radius 1 is 1.48 bits per heavy atom. The minimum absolute atomic E-state index is 0.102. The lowest BCUT2D eigenvalue weighted by Crippen LogP contribution is -2.36. The molecule has 0 radical (unpaired) electrons. The van der Waals surface area contributed by atoms with E-state index in [9.17, 15) is 27.3 Å². The predicted molar refractivity (Wildman–Crippen MR) is 70.0 cm³/mol. The second-order valence-corrected chi connectivity index (χ2v) is 6.22. The van der Waals surface area contributed by atoms with Gasteiger partial charge in [-0.05, 0) is 18.6 Å². The van der Waals surface area contributed by atoms with E-state index in [0.717, 1.165) is 12.1 Å². The lowest BCUT2D eigenvalue weighted by Gasteiger charge is -2.13. The lowest BCUT2D eigenvalue weighted by molar-refractivity contribution is -0.384. The number of sulfonamides is 1. The van der Waals surface area contributed by atoms with Crippen molar-refractivity contribution in [2.75, 3.05) is 6.54 Å². The molecule has 0 heterocycles. The maximum absolute atomic E-state index is 12.1. The molecule has 0 spiro atoms. The Balaban J connectivity index is 3.14. The number of benzene rings is 1. The molecule has 0 saturated carbocycles. The first-order chi connectivity index (χ1) is 9.56. The lowest BCUT2D eigenvalue weighted by atomic mass is 10.2. The Kier molecular flexibility index (Phi) is 5.56. The van der Waals surface area contributed by atoms with Crippen LogP contribution in [0.1, 0.15) is 5.56 Å². The van der Waals surface area contributed by atoms with Crippen LogP contribution in [0.3, 0.4) is 0 Å². The number of aryl methyl sites for hydroxylation is 1. The largest absolute Gasteiger partial charge is 0.386 e. The maximum atomic E-state index is 12.1. The fourth-order valence-corrected chi connectivity index (χ4v) is 3.02. The van der Waals surface area contributed by atoms with Crippen LogP contribution in [0.4, 0.5) is 14.5 Å². The zero-order valence-corrected chi connectivity index (χ0v) is 12.2. The van der Waals surface area contributed by atoms with E-state index in [2.05, 4.69) is 0 Å². The Bertz CT molecular complexity index is 653. The number of hydrogen-bond acceptors (Lipinski definition) is 5. The fourth-order valence-electron chi connectivity index (χ4n) is 1.43. The van der Waals surface area contributed by atoms with Crippen molar-refractivity contribution in [2.24, 2.45) is 0 Å². The Morgan fingerprint density at radius 3 is 2.52 bits per heavy atom. The molecular formula is C10H11ClF2N2O5S. The molecule has 1 aromatic rings. The van der Waals surface area contributed by atoms with E-state index in [1.54, 1.807) is 4.72 Å². The van der Waals surface area contributed by atoms with Crippen LogP contribution < -0.4 is 4.72 Å². The van der Waals surface area contributed by atoms with E-state index in [1.807, 2.05) is 0 Å². The number of aliphatic hydroxyl groups excluding tert-OH is 1. The standard InChI is InChI=1S/C10H11ClF2N2O5S/c1-5-2-6(11)7(15(17)18)3-9(5)21(19,20)14-4-8(16)10(12)13/h2-3,8,10,14,16H,4H2,1H3. The van der Waals surface area contributed by atoms with Gasteiger partial charge in [-0.3, -0.25) is 10.1 Å². The molecule has 1 atom stereocenters. The van der Waals surface area contributed by atoms with Crippen molar-refractivity contribution in [2.45, 2.75) is 24.3 Å². The van der Waals surface area contributed by atoms with Gasteiger partial charge in [0.1, 0.15) is 11.1 Å². The number of hydrogen-bond donors (Lipinski definition) is 2. The highest BCUT2D eigenvalue weighted by Crippen LogP contribution is 2.30. The van der Waals surface area contributed by atoms with Crippen LogP contribution in [-0.4, -0.2) is 37.5 Å². The molecule has 0 fully saturated rings. The number of nitro benzene ring substituents is 1. The summed E-state index contributed by atoms with van der Waals surface area (Å²) in [6.45, 7) is 0.420. The number of nitrogens with zero attached hydrogens (tertiary/aromatic N) is 1. The third-order valence-corrected chi connectivity index (χ3v) is 4.37. The Morgan fingerprint density at radius 2 is 2.05 bits per heavy atom. The Hall–Kier alpha value is -1.36. The fraction of sp³-hybridized carbons (Fsp3) is 0.400. The smallest absolute Gasteiger partial charge is 0.289 e. The van der Waals surface area contributed by atoms with Crippen molar-refractivity contribution >= 4 is 27.3 Å².